The van der Waals surface area contributed by atoms with Gasteiger partial charge in [0.1, 0.15) is 0 Å². The van der Waals surface area contributed by atoms with Crippen LogP contribution in [-0.2, 0) is 9.53 Å². The van der Waals surface area contributed by atoms with Crippen LogP contribution in [0.3, 0.4) is 0 Å². The fourth-order valence-electron chi connectivity index (χ4n) is 1.87. The number of aliphatic imine (C=N–C) groups is 1. The van der Waals surface area contributed by atoms with E-state index in [1.807, 2.05) is 54.6 Å². The Balaban J connectivity index is 1.98. The van der Waals surface area contributed by atoms with Crippen LogP contribution in [0.5, 0.6) is 0 Å². The molecule has 1 aliphatic heterocycles. The molecule has 0 fully saturated rings. The summed E-state index contributed by atoms with van der Waals surface area (Å²) in [6, 6.07) is 17.0. The highest BCUT2D eigenvalue weighted by molar-refractivity contribution is 9.10. The molecule has 3 rings (SSSR count). The number of nitrogens with zero attached hydrogens (tertiary/aromatic N) is 1. The highest BCUT2D eigenvalue weighted by Gasteiger charge is 2.25. The first-order valence-electron chi connectivity index (χ1n) is 6.06. The average Bonchev–Trinajstić information content (AvgIpc) is 2.81. The summed E-state index contributed by atoms with van der Waals surface area (Å²) in [5.74, 6) is -0.107. The Morgan fingerprint density at radius 2 is 1.70 bits per heavy atom. The van der Waals surface area contributed by atoms with E-state index in [4.69, 9.17) is 4.74 Å². The summed E-state index contributed by atoms with van der Waals surface area (Å²) in [7, 11) is 0. The standard InChI is InChI=1S/C16H10BrNO2/c17-13-9-5-4-8-12(13)15-18-14(16(19)20-15)10-11-6-2-1-3-7-11/h1-10H/b14-10-. The molecule has 1 aliphatic rings. The maximum Gasteiger partial charge on any atom is 0.363 e. The number of ether oxygens (including phenoxy) is 1. The van der Waals surface area contributed by atoms with Crippen LogP contribution in [0.1, 0.15) is 11.1 Å². The number of benzene rings is 2. The van der Waals surface area contributed by atoms with Crippen molar-refractivity contribution in [1.29, 1.82) is 0 Å². The molecule has 1 heterocycles. The third kappa shape index (κ3) is 2.56. The van der Waals surface area contributed by atoms with Crippen LogP contribution in [-0.4, -0.2) is 11.9 Å². The summed E-state index contributed by atoms with van der Waals surface area (Å²) in [5.41, 5.74) is 1.98. The third-order valence-electron chi connectivity index (χ3n) is 2.83. The number of cyclic esters (lactones) is 1. The number of carbonyl (C=O) groups is 1. The van der Waals surface area contributed by atoms with Crippen LogP contribution in [0.25, 0.3) is 6.08 Å². The van der Waals surface area contributed by atoms with Gasteiger partial charge in [-0.2, -0.15) is 0 Å². The zero-order chi connectivity index (χ0) is 13.9. The van der Waals surface area contributed by atoms with Gasteiger partial charge in [0.15, 0.2) is 5.70 Å². The molecule has 2 aromatic carbocycles. The van der Waals surface area contributed by atoms with E-state index >= 15 is 0 Å². The molecule has 0 atom stereocenters. The normalized spacial score (nSPS) is 16.1. The van der Waals surface area contributed by atoms with E-state index in [9.17, 15) is 4.79 Å². The van der Waals surface area contributed by atoms with Gasteiger partial charge >= 0.3 is 5.97 Å². The van der Waals surface area contributed by atoms with Gasteiger partial charge in [-0.15, -0.1) is 0 Å². The van der Waals surface area contributed by atoms with Gasteiger partial charge in [-0.3, -0.25) is 0 Å². The van der Waals surface area contributed by atoms with Gasteiger partial charge in [-0.1, -0.05) is 42.5 Å². The van der Waals surface area contributed by atoms with Gasteiger partial charge in [0.25, 0.3) is 0 Å². The summed E-state index contributed by atoms with van der Waals surface area (Å²) < 4.78 is 6.07. The number of hydrogen-bond donors (Lipinski definition) is 0. The van der Waals surface area contributed by atoms with Crippen molar-refractivity contribution in [3.8, 4) is 0 Å². The lowest BCUT2D eigenvalue weighted by Gasteiger charge is -2.01. The van der Waals surface area contributed by atoms with Gasteiger partial charge in [0.2, 0.25) is 5.90 Å². The minimum Gasteiger partial charge on any atom is -0.402 e. The van der Waals surface area contributed by atoms with E-state index in [0.717, 1.165) is 15.6 Å². The lowest BCUT2D eigenvalue weighted by atomic mass is 10.2. The lowest BCUT2D eigenvalue weighted by molar-refractivity contribution is -0.129. The molecular formula is C16H10BrNO2. The van der Waals surface area contributed by atoms with E-state index in [1.165, 1.54) is 0 Å². The van der Waals surface area contributed by atoms with Crippen molar-refractivity contribution in [3.05, 3.63) is 75.9 Å². The molecule has 3 nitrogen and oxygen atoms in total. The fraction of sp³-hybridized carbons (Fsp3) is 0. The minimum absolute atomic E-state index is 0.307. The van der Waals surface area contributed by atoms with E-state index < -0.39 is 5.97 Å². The van der Waals surface area contributed by atoms with Crippen LogP contribution in [0.2, 0.25) is 0 Å². The number of rotatable bonds is 2. The zero-order valence-corrected chi connectivity index (χ0v) is 12.0. The molecule has 0 spiro atoms. The molecule has 0 aromatic heterocycles. The largest absolute Gasteiger partial charge is 0.402 e. The zero-order valence-electron chi connectivity index (χ0n) is 10.4. The molecule has 2 aromatic rings. The minimum atomic E-state index is -0.431. The van der Waals surface area contributed by atoms with Crippen LogP contribution in [0, 0.1) is 0 Å². The van der Waals surface area contributed by atoms with Crippen LogP contribution >= 0.6 is 15.9 Å². The second-order valence-electron chi connectivity index (χ2n) is 4.23. The number of hydrogen-bond acceptors (Lipinski definition) is 3. The van der Waals surface area contributed by atoms with Crippen LogP contribution in [0.4, 0.5) is 0 Å². The van der Waals surface area contributed by atoms with Crippen molar-refractivity contribution < 1.29 is 9.53 Å². The molecule has 0 aliphatic carbocycles. The molecule has 4 heteroatoms. The van der Waals surface area contributed by atoms with E-state index in [2.05, 4.69) is 20.9 Å². The van der Waals surface area contributed by atoms with Gasteiger partial charge in [0.05, 0.1) is 5.56 Å². The lowest BCUT2D eigenvalue weighted by Crippen LogP contribution is -2.05. The SMILES string of the molecule is O=C1OC(c2ccccc2Br)=N/C1=C\c1ccccc1. The summed E-state index contributed by atoms with van der Waals surface area (Å²) in [6.07, 6.45) is 1.71. The summed E-state index contributed by atoms with van der Waals surface area (Å²) in [4.78, 5) is 16.1. The van der Waals surface area contributed by atoms with E-state index in [0.29, 0.717) is 11.6 Å². The first-order chi connectivity index (χ1) is 9.74. The highest BCUT2D eigenvalue weighted by atomic mass is 79.9. The molecule has 20 heavy (non-hydrogen) atoms. The van der Waals surface area contributed by atoms with Crippen molar-refractivity contribution in [1.82, 2.24) is 0 Å². The number of esters is 1. The maximum absolute atomic E-state index is 11.9. The Hall–Kier alpha value is -2.20. The Morgan fingerprint density at radius 1 is 1.00 bits per heavy atom. The fourth-order valence-corrected chi connectivity index (χ4v) is 2.32. The van der Waals surface area contributed by atoms with E-state index in [1.54, 1.807) is 6.08 Å². The molecule has 98 valence electrons. The van der Waals surface area contributed by atoms with Crippen molar-refractivity contribution in [2.75, 3.05) is 0 Å². The van der Waals surface area contributed by atoms with Crippen molar-refractivity contribution in [2.24, 2.45) is 4.99 Å². The number of carbonyl (C=O) groups excluding carboxylic acids is 1. The van der Waals surface area contributed by atoms with Crippen molar-refractivity contribution in [3.63, 3.8) is 0 Å². The molecule has 0 unspecified atom stereocenters. The summed E-state index contributed by atoms with van der Waals surface area (Å²) in [5, 5.41) is 0. The predicted molar refractivity (Wildman–Crippen MR) is 81.2 cm³/mol. The molecule has 0 saturated heterocycles. The van der Waals surface area contributed by atoms with Gasteiger partial charge in [-0.25, -0.2) is 9.79 Å². The highest BCUT2D eigenvalue weighted by Crippen LogP contribution is 2.23. The smallest absolute Gasteiger partial charge is 0.363 e. The Kier molecular flexibility index (Phi) is 3.48. The second-order valence-corrected chi connectivity index (χ2v) is 5.08. The molecule has 0 amide bonds. The topological polar surface area (TPSA) is 38.7 Å². The van der Waals surface area contributed by atoms with Gasteiger partial charge in [-0.05, 0) is 39.7 Å². The Bertz CT molecular complexity index is 720. The molecule has 0 bridgehead atoms. The van der Waals surface area contributed by atoms with Crippen LogP contribution < -0.4 is 0 Å². The molecule has 0 saturated carbocycles. The number of halogens is 1. The predicted octanol–water partition coefficient (Wildman–Crippen LogP) is 3.79. The molecular weight excluding hydrogens is 318 g/mol. The van der Waals surface area contributed by atoms with Crippen molar-refractivity contribution >= 4 is 33.9 Å². The average molecular weight is 328 g/mol. The molecule has 0 N–H and O–H groups in total. The monoisotopic (exact) mass is 327 g/mol. The summed E-state index contributed by atoms with van der Waals surface area (Å²) in [6.45, 7) is 0. The third-order valence-corrected chi connectivity index (χ3v) is 3.52. The first-order valence-corrected chi connectivity index (χ1v) is 6.86. The quantitative estimate of drug-likeness (QED) is 0.621. The maximum atomic E-state index is 11.9. The second kappa shape index (κ2) is 5.43. The van der Waals surface area contributed by atoms with Gasteiger partial charge in [0, 0.05) is 4.47 Å². The summed E-state index contributed by atoms with van der Waals surface area (Å²) >= 11 is 3.42. The first kappa shape index (κ1) is 12.8. The Morgan fingerprint density at radius 3 is 2.45 bits per heavy atom. The van der Waals surface area contributed by atoms with E-state index in [-0.39, 0.29) is 0 Å². The molecule has 0 radical (unpaired) electrons. The Labute approximate surface area is 124 Å². The van der Waals surface area contributed by atoms with Crippen molar-refractivity contribution in [2.45, 2.75) is 0 Å². The van der Waals surface area contributed by atoms with Crippen LogP contribution in [0.15, 0.2) is 69.8 Å². The van der Waals surface area contributed by atoms with Gasteiger partial charge < -0.3 is 4.74 Å².